The number of thiophene rings is 1. The zero-order chi connectivity index (χ0) is 14.2. The molecule has 0 N–H and O–H groups in total. The van der Waals surface area contributed by atoms with Crippen LogP contribution in [0.2, 0.25) is 0 Å². The first-order chi connectivity index (χ1) is 8.93. The molecule has 19 heavy (non-hydrogen) atoms. The largest absolute Gasteiger partial charge is 0.312 e. The van der Waals surface area contributed by atoms with Crippen molar-refractivity contribution < 1.29 is 9.72 Å². The van der Waals surface area contributed by atoms with Gasteiger partial charge in [0.1, 0.15) is 11.4 Å². The van der Waals surface area contributed by atoms with Crippen LogP contribution in [0.25, 0.3) is 0 Å². The van der Waals surface area contributed by atoms with Gasteiger partial charge >= 0.3 is 5.69 Å². The lowest BCUT2D eigenvalue weighted by Gasteiger charge is -2.02. The van der Waals surface area contributed by atoms with E-state index in [1.807, 2.05) is 6.92 Å². The standard InChI is InChI=1S/C12H13N3O3S/c1-7-12(15(17)18)8(2)14(13-7)5-10-4-11(6-16)19-9(10)3/h4,6H,5H2,1-3H3. The number of hydrogen-bond donors (Lipinski definition) is 0. The van der Waals surface area contributed by atoms with Crippen LogP contribution in [0.15, 0.2) is 6.07 Å². The van der Waals surface area contributed by atoms with Gasteiger partial charge in [-0.25, -0.2) is 0 Å². The minimum Gasteiger partial charge on any atom is -0.297 e. The molecule has 0 fully saturated rings. The van der Waals surface area contributed by atoms with E-state index in [9.17, 15) is 14.9 Å². The van der Waals surface area contributed by atoms with Crippen molar-refractivity contribution in [2.75, 3.05) is 0 Å². The Labute approximate surface area is 113 Å². The second kappa shape index (κ2) is 4.93. The summed E-state index contributed by atoms with van der Waals surface area (Å²) >= 11 is 1.41. The molecule has 0 aliphatic rings. The van der Waals surface area contributed by atoms with Gasteiger partial charge in [-0.2, -0.15) is 5.10 Å². The average Bonchev–Trinajstić information content (AvgIpc) is 2.81. The molecule has 0 unspecified atom stereocenters. The molecule has 0 saturated heterocycles. The molecule has 0 radical (unpaired) electrons. The number of aryl methyl sites for hydroxylation is 2. The number of nitrogens with zero attached hydrogens (tertiary/aromatic N) is 3. The Morgan fingerprint density at radius 1 is 1.47 bits per heavy atom. The lowest BCUT2D eigenvalue weighted by Crippen LogP contribution is -2.04. The minimum atomic E-state index is -0.411. The average molecular weight is 279 g/mol. The third kappa shape index (κ3) is 2.41. The van der Waals surface area contributed by atoms with Gasteiger partial charge in [0, 0.05) is 4.88 Å². The van der Waals surface area contributed by atoms with Gasteiger partial charge in [-0.15, -0.1) is 11.3 Å². The smallest absolute Gasteiger partial charge is 0.297 e. The van der Waals surface area contributed by atoms with Crippen LogP contribution in [-0.2, 0) is 6.54 Å². The summed E-state index contributed by atoms with van der Waals surface area (Å²) in [6.07, 6.45) is 0.810. The van der Waals surface area contributed by atoms with E-state index in [0.29, 0.717) is 22.8 Å². The van der Waals surface area contributed by atoms with Gasteiger partial charge < -0.3 is 0 Å². The van der Waals surface area contributed by atoms with E-state index < -0.39 is 4.92 Å². The van der Waals surface area contributed by atoms with Crippen LogP contribution in [0.1, 0.15) is 31.5 Å². The molecule has 0 aliphatic heterocycles. The number of hydrogen-bond acceptors (Lipinski definition) is 5. The fraction of sp³-hybridized carbons (Fsp3) is 0.333. The van der Waals surface area contributed by atoms with E-state index in [2.05, 4.69) is 5.10 Å². The molecule has 0 amide bonds. The highest BCUT2D eigenvalue weighted by Crippen LogP contribution is 2.25. The number of nitro groups is 1. The summed E-state index contributed by atoms with van der Waals surface area (Å²) in [5, 5.41) is 15.1. The molecule has 2 heterocycles. The van der Waals surface area contributed by atoms with Crippen molar-refractivity contribution in [2.24, 2.45) is 0 Å². The normalized spacial score (nSPS) is 10.7. The molecule has 0 spiro atoms. The van der Waals surface area contributed by atoms with Crippen LogP contribution >= 0.6 is 11.3 Å². The van der Waals surface area contributed by atoms with E-state index in [0.717, 1.165) is 16.7 Å². The van der Waals surface area contributed by atoms with Gasteiger partial charge in [0.25, 0.3) is 0 Å². The fourth-order valence-electron chi connectivity index (χ4n) is 2.03. The topological polar surface area (TPSA) is 78.0 Å². The first kappa shape index (κ1) is 13.4. The molecule has 2 aromatic rings. The van der Waals surface area contributed by atoms with Gasteiger partial charge in [0.05, 0.1) is 16.3 Å². The SMILES string of the molecule is Cc1nn(Cc2cc(C=O)sc2C)c(C)c1[N+](=O)[O-]. The van der Waals surface area contributed by atoms with E-state index in [-0.39, 0.29) is 5.69 Å². The van der Waals surface area contributed by atoms with Crippen molar-refractivity contribution in [2.45, 2.75) is 27.3 Å². The molecule has 7 heteroatoms. The van der Waals surface area contributed by atoms with E-state index in [1.165, 1.54) is 11.3 Å². The second-order valence-electron chi connectivity index (χ2n) is 4.28. The molecule has 0 atom stereocenters. The van der Waals surface area contributed by atoms with Crippen molar-refractivity contribution in [1.82, 2.24) is 9.78 Å². The lowest BCUT2D eigenvalue weighted by molar-refractivity contribution is -0.386. The van der Waals surface area contributed by atoms with Crippen LogP contribution in [0.4, 0.5) is 5.69 Å². The maximum absolute atomic E-state index is 10.9. The van der Waals surface area contributed by atoms with Gasteiger partial charge in [-0.3, -0.25) is 19.6 Å². The number of aromatic nitrogens is 2. The summed E-state index contributed by atoms with van der Waals surface area (Å²) < 4.78 is 1.61. The maximum atomic E-state index is 10.9. The van der Waals surface area contributed by atoms with Gasteiger partial charge in [0.15, 0.2) is 6.29 Å². The summed E-state index contributed by atoms with van der Waals surface area (Å²) in [7, 11) is 0. The highest BCUT2D eigenvalue weighted by atomic mass is 32.1. The predicted octanol–water partition coefficient (Wildman–Crippen LogP) is 2.64. The number of aldehydes is 1. The summed E-state index contributed by atoms with van der Waals surface area (Å²) in [4.78, 5) is 22.9. The summed E-state index contributed by atoms with van der Waals surface area (Å²) in [5.41, 5.74) is 1.96. The Hall–Kier alpha value is -2.02. The fourth-order valence-corrected chi connectivity index (χ4v) is 2.88. The minimum absolute atomic E-state index is 0.0588. The predicted molar refractivity (Wildman–Crippen MR) is 71.9 cm³/mol. The van der Waals surface area contributed by atoms with E-state index in [4.69, 9.17) is 0 Å². The van der Waals surface area contributed by atoms with Crippen LogP contribution < -0.4 is 0 Å². The van der Waals surface area contributed by atoms with Crippen LogP contribution in [-0.4, -0.2) is 21.0 Å². The second-order valence-corrected chi connectivity index (χ2v) is 5.57. The van der Waals surface area contributed by atoms with Gasteiger partial charge in [-0.1, -0.05) is 0 Å². The molecule has 0 bridgehead atoms. The first-order valence-corrected chi connectivity index (χ1v) is 6.48. The van der Waals surface area contributed by atoms with E-state index >= 15 is 0 Å². The van der Waals surface area contributed by atoms with Gasteiger partial charge in [0.2, 0.25) is 0 Å². The summed E-state index contributed by atoms with van der Waals surface area (Å²) in [5.74, 6) is 0. The van der Waals surface area contributed by atoms with Crippen molar-refractivity contribution in [1.29, 1.82) is 0 Å². The Kier molecular flexibility index (Phi) is 3.48. The first-order valence-electron chi connectivity index (χ1n) is 5.67. The zero-order valence-electron chi connectivity index (χ0n) is 10.8. The quantitative estimate of drug-likeness (QED) is 0.489. The zero-order valence-corrected chi connectivity index (χ0v) is 11.7. The molecule has 2 aromatic heterocycles. The summed E-state index contributed by atoms with van der Waals surface area (Å²) in [6, 6.07) is 1.80. The molecule has 0 saturated carbocycles. The van der Waals surface area contributed by atoms with E-state index in [1.54, 1.807) is 24.6 Å². The number of carbonyl (C=O) groups excluding carboxylic acids is 1. The monoisotopic (exact) mass is 279 g/mol. The Balaban J connectivity index is 2.38. The summed E-state index contributed by atoms with van der Waals surface area (Å²) in [6.45, 7) is 5.67. The molecule has 100 valence electrons. The van der Waals surface area contributed by atoms with Gasteiger partial charge in [-0.05, 0) is 32.4 Å². The lowest BCUT2D eigenvalue weighted by atomic mass is 10.2. The molecular formula is C12H13N3O3S. The third-order valence-electron chi connectivity index (χ3n) is 3.00. The van der Waals surface area contributed by atoms with Crippen molar-refractivity contribution in [3.63, 3.8) is 0 Å². The highest BCUT2D eigenvalue weighted by molar-refractivity contribution is 7.13. The Morgan fingerprint density at radius 3 is 2.63 bits per heavy atom. The Bertz CT molecular complexity index is 657. The van der Waals surface area contributed by atoms with Crippen molar-refractivity contribution in [3.8, 4) is 0 Å². The molecule has 2 rings (SSSR count). The third-order valence-corrected chi connectivity index (χ3v) is 4.02. The highest BCUT2D eigenvalue weighted by Gasteiger charge is 2.22. The number of rotatable bonds is 4. The van der Waals surface area contributed by atoms with Crippen LogP contribution in [0, 0.1) is 30.9 Å². The molecule has 6 nitrogen and oxygen atoms in total. The molecule has 0 aliphatic carbocycles. The van der Waals surface area contributed by atoms with Crippen LogP contribution in [0.5, 0.6) is 0 Å². The Morgan fingerprint density at radius 2 is 2.16 bits per heavy atom. The molecule has 0 aromatic carbocycles. The maximum Gasteiger partial charge on any atom is 0.312 e. The number of carbonyl (C=O) groups is 1. The van der Waals surface area contributed by atoms with Crippen molar-refractivity contribution in [3.05, 3.63) is 42.9 Å². The van der Waals surface area contributed by atoms with Crippen molar-refractivity contribution >= 4 is 23.3 Å². The van der Waals surface area contributed by atoms with Crippen LogP contribution in [0.3, 0.4) is 0 Å². The molecular weight excluding hydrogens is 266 g/mol.